The summed E-state index contributed by atoms with van der Waals surface area (Å²) in [4.78, 5) is 12.9. The van der Waals surface area contributed by atoms with E-state index in [0.717, 1.165) is 19.3 Å². The van der Waals surface area contributed by atoms with Gasteiger partial charge in [0.2, 0.25) is 0 Å². The first kappa shape index (κ1) is 18.5. The molecule has 1 atom stereocenters. The van der Waals surface area contributed by atoms with Crippen LogP contribution < -0.4 is 10.1 Å². The van der Waals surface area contributed by atoms with Crippen LogP contribution in [0.5, 0.6) is 5.75 Å². The topological polar surface area (TPSA) is 61.8 Å². The number of halogens is 1. The fourth-order valence-electron chi connectivity index (χ4n) is 3.13. The number of benzene rings is 1. The summed E-state index contributed by atoms with van der Waals surface area (Å²) in [6.45, 7) is 6.11. The Morgan fingerprint density at radius 1 is 1.46 bits per heavy atom. The largest absolute Gasteiger partial charge is 0.494 e. The third-order valence-electron chi connectivity index (χ3n) is 4.51. The van der Waals surface area contributed by atoms with Crippen LogP contribution in [0.25, 0.3) is 0 Å². The molecule has 1 saturated heterocycles. The minimum atomic E-state index is -0.966. The number of piperazine rings is 1. The summed E-state index contributed by atoms with van der Waals surface area (Å²) < 4.78 is 19.9. The highest BCUT2D eigenvalue weighted by atomic mass is 19.1. The molecule has 0 unspecified atom stereocenters. The predicted molar refractivity (Wildman–Crippen MR) is 91.1 cm³/mol. The molecule has 1 heterocycles. The zero-order valence-electron chi connectivity index (χ0n) is 14.5. The zero-order valence-corrected chi connectivity index (χ0v) is 14.5. The Balaban J connectivity index is 2.11. The number of amides is 1. The molecule has 0 bridgehead atoms. The molecule has 24 heavy (non-hydrogen) atoms. The summed E-state index contributed by atoms with van der Waals surface area (Å²) in [5.41, 5.74) is -0.188. The Hall–Kier alpha value is -1.82. The fraction of sp³-hybridized carbons (Fsp3) is 0.611. The van der Waals surface area contributed by atoms with Crippen molar-refractivity contribution in [1.82, 2.24) is 10.2 Å². The lowest BCUT2D eigenvalue weighted by Crippen LogP contribution is -2.62. The molecular formula is C18H27FN2O3. The molecule has 0 spiro atoms. The van der Waals surface area contributed by atoms with E-state index in [1.807, 2.05) is 6.92 Å². The van der Waals surface area contributed by atoms with Crippen LogP contribution >= 0.6 is 0 Å². The smallest absolute Gasteiger partial charge is 0.407 e. The molecule has 1 fully saturated rings. The normalized spacial score (nSPS) is 20.9. The van der Waals surface area contributed by atoms with E-state index in [2.05, 4.69) is 12.2 Å². The van der Waals surface area contributed by atoms with Crippen LogP contribution in [0.2, 0.25) is 0 Å². The molecule has 0 aliphatic carbocycles. The number of nitrogens with one attached hydrogen (secondary N) is 1. The van der Waals surface area contributed by atoms with Crippen molar-refractivity contribution >= 4 is 6.09 Å². The average Bonchev–Trinajstić information content (AvgIpc) is 2.54. The number of ether oxygens (including phenoxy) is 1. The SMILES string of the molecule is CCCCCOc1ccc(F)c(C[C@]2(C)CNCCN2C(=O)O)c1. The van der Waals surface area contributed by atoms with Gasteiger partial charge in [-0.25, -0.2) is 9.18 Å². The van der Waals surface area contributed by atoms with Crippen LogP contribution in [-0.4, -0.2) is 47.9 Å². The van der Waals surface area contributed by atoms with Gasteiger partial charge in [-0.1, -0.05) is 19.8 Å². The second-order valence-electron chi connectivity index (χ2n) is 6.59. The molecule has 0 saturated carbocycles. The maximum absolute atomic E-state index is 14.2. The van der Waals surface area contributed by atoms with Crippen LogP contribution in [0.15, 0.2) is 18.2 Å². The van der Waals surface area contributed by atoms with Gasteiger partial charge in [-0.2, -0.15) is 0 Å². The first-order valence-corrected chi connectivity index (χ1v) is 8.59. The number of hydrogen-bond acceptors (Lipinski definition) is 3. The standard InChI is InChI=1S/C18H27FN2O3/c1-3-4-5-10-24-15-6-7-16(19)14(11-15)12-18(2)13-20-8-9-21(18)17(22)23/h6-7,11,20H,3-5,8-10,12-13H2,1-2H3,(H,22,23)/t18-/m1/s1. The molecular weight excluding hydrogens is 311 g/mol. The zero-order chi connectivity index (χ0) is 17.6. The number of carbonyl (C=O) groups is 1. The number of nitrogens with zero attached hydrogens (tertiary/aromatic N) is 1. The number of unbranched alkanes of at least 4 members (excludes halogenated alkanes) is 2. The quantitative estimate of drug-likeness (QED) is 0.749. The highest BCUT2D eigenvalue weighted by molar-refractivity contribution is 5.66. The first-order chi connectivity index (χ1) is 11.5. The van der Waals surface area contributed by atoms with E-state index in [1.54, 1.807) is 12.1 Å². The molecule has 0 radical (unpaired) electrons. The summed E-state index contributed by atoms with van der Waals surface area (Å²) in [5.74, 6) is 0.310. The van der Waals surface area contributed by atoms with Crippen molar-refractivity contribution in [1.29, 1.82) is 0 Å². The van der Waals surface area contributed by atoms with Crippen molar-refractivity contribution in [3.05, 3.63) is 29.6 Å². The maximum atomic E-state index is 14.2. The molecule has 134 valence electrons. The van der Waals surface area contributed by atoms with Gasteiger partial charge in [0.25, 0.3) is 0 Å². The van der Waals surface area contributed by atoms with Crippen molar-refractivity contribution in [3.63, 3.8) is 0 Å². The van der Waals surface area contributed by atoms with E-state index in [-0.39, 0.29) is 5.82 Å². The summed E-state index contributed by atoms with van der Waals surface area (Å²) in [6.07, 6.45) is 2.54. The molecule has 6 heteroatoms. The van der Waals surface area contributed by atoms with Crippen LogP contribution in [0, 0.1) is 5.82 Å². The van der Waals surface area contributed by atoms with E-state index >= 15 is 0 Å². The van der Waals surface area contributed by atoms with E-state index < -0.39 is 11.6 Å². The van der Waals surface area contributed by atoms with Crippen LogP contribution in [-0.2, 0) is 6.42 Å². The van der Waals surface area contributed by atoms with E-state index in [4.69, 9.17) is 4.74 Å². The summed E-state index contributed by atoms with van der Waals surface area (Å²) in [6, 6.07) is 4.72. The van der Waals surface area contributed by atoms with Gasteiger partial charge in [0.15, 0.2) is 0 Å². The third-order valence-corrected chi connectivity index (χ3v) is 4.51. The van der Waals surface area contributed by atoms with Crippen LogP contribution in [0.1, 0.15) is 38.7 Å². The molecule has 2 rings (SSSR count). The van der Waals surface area contributed by atoms with Crippen LogP contribution in [0.4, 0.5) is 9.18 Å². The Bertz CT molecular complexity index is 567. The van der Waals surface area contributed by atoms with Crippen molar-refractivity contribution in [3.8, 4) is 5.75 Å². The first-order valence-electron chi connectivity index (χ1n) is 8.59. The van der Waals surface area contributed by atoms with Gasteiger partial charge in [0.1, 0.15) is 11.6 Å². The second-order valence-corrected chi connectivity index (χ2v) is 6.59. The highest BCUT2D eigenvalue weighted by Crippen LogP contribution is 2.26. The van der Waals surface area contributed by atoms with Crippen molar-refractivity contribution in [2.45, 2.75) is 45.1 Å². The average molecular weight is 338 g/mol. The third kappa shape index (κ3) is 4.60. The summed E-state index contributed by atoms with van der Waals surface area (Å²) in [7, 11) is 0. The maximum Gasteiger partial charge on any atom is 0.407 e. The Kier molecular flexibility index (Phi) is 6.43. The number of carboxylic acid groups (broad SMARTS) is 1. The molecule has 1 aliphatic heterocycles. The molecule has 0 aromatic heterocycles. The fourth-order valence-corrected chi connectivity index (χ4v) is 3.13. The predicted octanol–water partition coefficient (Wildman–Crippen LogP) is 3.28. The lowest BCUT2D eigenvalue weighted by atomic mass is 9.89. The van der Waals surface area contributed by atoms with E-state index in [0.29, 0.717) is 44.0 Å². The van der Waals surface area contributed by atoms with E-state index in [9.17, 15) is 14.3 Å². The molecule has 2 N–H and O–H groups in total. The minimum Gasteiger partial charge on any atom is -0.494 e. The van der Waals surface area contributed by atoms with Gasteiger partial charge in [0, 0.05) is 19.6 Å². The molecule has 1 amide bonds. The summed E-state index contributed by atoms with van der Waals surface area (Å²) in [5, 5.41) is 12.6. The van der Waals surface area contributed by atoms with Crippen molar-refractivity contribution < 1.29 is 19.0 Å². The number of rotatable bonds is 7. The lowest BCUT2D eigenvalue weighted by molar-refractivity contribution is 0.0662. The van der Waals surface area contributed by atoms with Gasteiger partial charge in [0.05, 0.1) is 12.1 Å². The molecule has 1 aliphatic rings. The summed E-state index contributed by atoms with van der Waals surface area (Å²) >= 11 is 0. The van der Waals surface area contributed by atoms with Gasteiger partial charge < -0.3 is 20.1 Å². The Morgan fingerprint density at radius 3 is 2.96 bits per heavy atom. The molecule has 1 aromatic rings. The minimum absolute atomic E-state index is 0.310. The number of hydrogen-bond donors (Lipinski definition) is 2. The second kappa shape index (κ2) is 8.33. The Morgan fingerprint density at radius 2 is 2.25 bits per heavy atom. The lowest BCUT2D eigenvalue weighted by Gasteiger charge is -2.43. The highest BCUT2D eigenvalue weighted by Gasteiger charge is 2.38. The van der Waals surface area contributed by atoms with Gasteiger partial charge in [-0.05, 0) is 43.5 Å². The molecule has 5 nitrogen and oxygen atoms in total. The Labute approximate surface area is 142 Å². The van der Waals surface area contributed by atoms with Gasteiger partial charge in [-0.3, -0.25) is 0 Å². The van der Waals surface area contributed by atoms with Crippen molar-refractivity contribution in [2.75, 3.05) is 26.2 Å². The van der Waals surface area contributed by atoms with Crippen molar-refractivity contribution in [2.24, 2.45) is 0 Å². The monoisotopic (exact) mass is 338 g/mol. The van der Waals surface area contributed by atoms with Gasteiger partial charge >= 0.3 is 6.09 Å². The van der Waals surface area contributed by atoms with Crippen LogP contribution in [0.3, 0.4) is 0 Å². The molecule has 1 aromatic carbocycles. The van der Waals surface area contributed by atoms with Gasteiger partial charge in [-0.15, -0.1) is 0 Å². The van der Waals surface area contributed by atoms with E-state index in [1.165, 1.54) is 11.0 Å².